The van der Waals surface area contributed by atoms with Crippen molar-refractivity contribution < 1.29 is 0 Å². The molecule has 0 saturated carbocycles. The van der Waals surface area contributed by atoms with Crippen LogP contribution in [-0.4, -0.2) is 48.6 Å². The van der Waals surface area contributed by atoms with Crippen molar-refractivity contribution in [3.05, 3.63) is 0 Å². The van der Waals surface area contributed by atoms with E-state index in [0.717, 1.165) is 6.04 Å². The molecule has 2 nitrogen and oxygen atoms in total. The quantitative estimate of drug-likeness (QED) is 0.704. The molecular formula is C12H26N2S. The molecule has 0 amide bonds. The standard InChI is InChI=1S/C12H26N2S/c1-3-6-12-11-14(8-5-7-13-12)9-10-15-4-2/h12-13H,3-11H2,1-2H3. The Morgan fingerprint density at radius 3 is 3.00 bits per heavy atom. The summed E-state index contributed by atoms with van der Waals surface area (Å²) in [6.07, 6.45) is 3.95. The van der Waals surface area contributed by atoms with Gasteiger partial charge in [0.25, 0.3) is 0 Å². The summed E-state index contributed by atoms with van der Waals surface area (Å²) in [6, 6.07) is 0.740. The van der Waals surface area contributed by atoms with Crippen LogP contribution in [0.1, 0.15) is 33.1 Å². The van der Waals surface area contributed by atoms with E-state index < -0.39 is 0 Å². The molecule has 1 saturated heterocycles. The molecule has 1 atom stereocenters. The van der Waals surface area contributed by atoms with Crippen LogP contribution < -0.4 is 5.32 Å². The number of nitrogens with one attached hydrogen (secondary N) is 1. The van der Waals surface area contributed by atoms with Gasteiger partial charge in [0.2, 0.25) is 0 Å². The molecule has 0 aromatic rings. The summed E-state index contributed by atoms with van der Waals surface area (Å²) in [5.41, 5.74) is 0. The van der Waals surface area contributed by atoms with Gasteiger partial charge in [-0.3, -0.25) is 0 Å². The lowest BCUT2D eigenvalue weighted by atomic mass is 10.1. The Hall–Kier alpha value is 0.270. The van der Waals surface area contributed by atoms with E-state index in [4.69, 9.17) is 0 Å². The van der Waals surface area contributed by atoms with E-state index in [1.165, 1.54) is 56.9 Å². The molecule has 1 aliphatic heterocycles. The second kappa shape index (κ2) is 8.43. The zero-order valence-corrected chi connectivity index (χ0v) is 11.1. The smallest absolute Gasteiger partial charge is 0.0194 e. The monoisotopic (exact) mass is 230 g/mol. The van der Waals surface area contributed by atoms with E-state index in [1.54, 1.807) is 0 Å². The molecule has 1 N–H and O–H groups in total. The number of hydrogen-bond donors (Lipinski definition) is 1. The van der Waals surface area contributed by atoms with E-state index in [0.29, 0.717) is 0 Å². The molecule has 0 spiro atoms. The van der Waals surface area contributed by atoms with Gasteiger partial charge >= 0.3 is 0 Å². The van der Waals surface area contributed by atoms with Gasteiger partial charge in [-0.1, -0.05) is 20.3 Å². The molecule has 0 aromatic heterocycles. The lowest BCUT2D eigenvalue weighted by molar-refractivity contribution is 0.278. The third-order valence-electron chi connectivity index (χ3n) is 2.96. The predicted octanol–water partition coefficient (Wildman–Crippen LogP) is 2.20. The minimum Gasteiger partial charge on any atom is -0.313 e. The molecule has 1 rings (SSSR count). The number of thioether (sulfide) groups is 1. The Morgan fingerprint density at radius 2 is 2.27 bits per heavy atom. The Morgan fingerprint density at radius 1 is 1.40 bits per heavy atom. The highest BCUT2D eigenvalue weighted by atomic mass is 32.2. The third kappa shape index (κ3) is 5.79. The van der Waals surface area contributed by atoms with Crippen molar-refractivity contribution in [1.82, 2.24) is 10.2 Å². The maximum absolute atomic E-state index is 3.65. The summed E-state index contributed by atoms with van der Waals surface area (Å²) < 4.78 is 0. The Kier molecular flexibility index (Phi) is 7.49. The normalized spacial score (nSPS) is 24.0. The van der Waals surface area contributed by atoms with Crippen LogP contribution in [0, 0.1) is 0 Å². The first-order valence-electron chi connectivity index (χ1n) is 6.40. The van der Waals surface area contributed by atoms with Crippen molar-refractivity contribution in [3.8, 4) is 0 Å². The van der Waals surface area contributed by atoms with Crippen LogP contribution in [0.5, 0.6) is 0 Å². The molecule has 90 valence electrons. The first-order valence-corrected chi connectivity index (χ1v) is 7.55. The Bertz CT molecular complexity index is 153. The highest BCUT2D eigenvalue weighted by Gasteiger charge is 2.15. The molecular weight excluding hydrogens is 204 g/mol. The van der Waals surface area contributed by atoms with Crippen LogP contribution in [0.15, 0.2) is 0 Å². The molecule has 0 radical (unpaired) electrons. The first kappa shape index (κ1) is 13.3. The number of rotatable bonds is 6. The zero-order chi connectivity index (χ0) is 10.9. The number of hydrogen-bond acceptors (Lipinski definition) is 3. The molecule has 0 bridgehead atoms. The molecule has 1 aliphatic rings. The summed E-state index contributed by atoms with van der Waals surface area (Å²) in [5.74, 6) is 2.56. The number of nitrogens with zero attached hydrogens (tertiary/aromatic N) is 1. The highest BCUT2D eigenvalue weighted by molar-refractivity contribution is 7.99. The van der Waals surface area contributed by atoms with Crippen LogP contribution in [0.2, 0.25) is 0 Å². The van der Waals surface area contributed by atoms with Crippen molar-refractivity contribution in [2.75, 3.05) is 37.7 Å². The summed E-state index contributed by atoms with van der Waals surface area (Å²) >= 11 is 2.06. The van der Waals surface area contributed by atoms with Crippen LogP contribution in [0.25, 0.3) is 0 Å². The second-order valence-electron chi connectivity index (χ2n) is 4.29. The van der Waals surface area contributed by atoms with Crippen LogP contribution in [0.3, 0.4) is 0 Å². The first-order chi connectivity index (χ1) is 7.36. The molecule has 15 heavy (non-hydrogen) atoms. The fourth-order valence-electron chi connectivity index (χ4n) is 2.16. The lowest BCUT2D eigenvalue weighted by Crippen LogP contribution is -2.38. The van der Waals surface area contributed by atoms with E-state index in [9.17, 15) is 0 Å². The Labute approximate surface area is 99.2 Å². The van der Waals surface area contributed by atoms with Gasteiger partial charge in [0.1, 0.15) is 0 Å². The molecule has 1 unspecified atom stereocenters. The predicted molar refractivity (Wildman–Crippen MR) is 70.8 cm³/mol. The van der Waals surface area contributed by atoms with Crippen LogP contribution in [-0.2, 0) is 0 Å². The summed E-state index contributed by atoms with van der Waals surface area (Å²) in [4.78, 5) is 2.64. The van der Waals surface area contributed by atoms with Crippen molar-refractivity contribution in [2.24, 2.45) is 0 Å². The third-order valence-corrected chi connectivity index (χ3v) is 3.84. The van der Waals surface area contributed by atoms with Gasteiger partial charge in [-0.2, -0.15) is 11.8 Å². The second-order valence-corrected chi connectivity index (χ2v) is 5.68. The van der Waals surface area contributed by atoms with Gasteiger partial charge in [-0.05, 0) is 31.7 Å². The average molecular weight is 230 g/mol. The molecule has 1 heterocycles. The maximum Gasteiger partial charge on any atom is 0.0194 e. The highest BCUT2D eigenvalue weighted by Crippen LogP contribution is 2.07. The SMILES string of the molecule is CCCC1CN(CCSCC)CCCN1. The molecule has 0 aliphatic carbocycles. The molecule has 0 aromatic carbocycles. The van der Waals surface area contributed by atoms with E-state index >= 15 is 0 Å². The summed E-state index contributed by atoms with van der Waals surface area (Å²) in [5, 5.41) is 3.65. The minimum atomic E-state index is 0.740. The van der Waals surface area contributed by atoms with Gasteiger partial charge < -0.3 is 10.2 Å². The maximum atomic E-state index is 3.65. The van der Waals surface area contributed by atoms with E-state index in [2.05, 4.69) is 35.8 Å². The zero-order valence-electron chi connectivity index (χ0n) is 10.3. The van der Waals surface area contributed by atoms with Gasteiger partial charge in [-0.25, -0.2) is 0 Å². The van der Waals surface area contributed by atoms with Crippen molar-refractivity contribution >= 4 is 11.8 Å². The molecule has 1 fully saturated rings. The fraction of sp³-hybridized carbons (Fsp3) is 1.00. The van der Waals surface area contributed by atoms with Gasteiger partial charge in [-0.15, -0.1) is 0 Å². The van der Waals surface area contributed by atoms with Gasteiger partial charge in [0.05, 0.1) is 0 Å². The van der Waals surface area contributed by atoms with Crippen molar-refractivity contribution in [3.63, 3.8) is 0 Å². The van der Waals surface area contributed by atoms with Gasteiger partial charge in [0, 0.05) is 24.9 Å². The minimum absolute atomic E-state index is 0.740. The van der Waals surface area contributed by atoms with Crippen LogP contribution in [0.4, 0.5) is 0 Å². The average Bonchev–Trinajstić information content (AvgIpc) is 2.45. The van der Waals surface area contributed by atoms with Crippen LogP contribution >= 0.6 is 11.8 Å². The largest absolute Gasteiger partial charge is 0.313 e. The van der Waals surface area contributed by atoms with Crippen molar-refractivity contribution in [1.29, 1.82) is 0 Å². The fourth-order valence-corrected chi connectivity index (χ4v) is 2.84. The summed E-state index contributed by atoms with van der Waals surface area (Å²) in [6.45, 7) is 9.57. The topological polar surface area (TPSA) is 15.3 Å². The van der Waals surface area contributed by atoms with Crippen molar-refractivity contribution in [2.45, 2.75) is 39.2 Å². The molecule has 3 heteroatoms. The lowest BCUT2D eigenvalue weighted by Gasteiger charge is -2.23. The Balaban J connectivity index is 2.22. The van der Waals surface area contributed by atoms with Gasteiger partial charge in [0.15, 0.2) is 0 Å². The van der Waals surface area contributed by atoms with E-state index in [1.807, 2.05) is 0 Å². The summed E-state index contributed by atoms with van der Waals surface area (Å²) in [7, 11) is 0. The van der Waals surface area contributed by atoms with E-state index in [-0.39, 0.29) is 0 Å².